The van der Waals surface area contributed by atoms with Gasteiger partial charge in [0, 0.05) is 32.6 Å². The molecular weight excluding hydrogens is 329 g/mol. The summed E-state index contributed by atoms with van der Waals surface area (Å²) in [5.41, 5.74) is 5.39. The van der Waals surface area contributed by atoms with E-state index in [0.29, 0.717) is 32.7 Å². The Balaban J connectivity index is 0.00000220. The molecule has 0 saturated carbocycles. The second-order valence-corrected chi connectivity index (χ2v) is 4.96. The number of carbonyl (C=O) groups excluding carboxylic acids is 1. The molecule has 2 heterocycles. The summed E-state index contributed by atoms with van der Waals surface area (Å²) in [7, 11) is 0. The molecule has 128 valence electrons. The van der Waals surface area contributed by atoms with E-state index in [-0.39, 0.29) is 36.8 Å². The van der Waals surface area contributed by atoms with Crippen LogP contribution in [0.25, 0.3) is 0 Å². The first kappa shape index (κ1) is 21.2. The van der Waals surface area contributed by atoms with Gasteiger partial charge in [-0.1, -0.05) is 0 Å². The molecule has 2 rings (SSSR count). The third-order valence-electron chi connectivity index (χ3n) is 3.44. The quantitative estimate of drug-likeness (QED) is 0.804. The molecule has 3 N–H and O–H groups in total. The van der Waals surface area contributed by atoms with Crippen molar-refractivity contribution in [3.8, 4) is 0 Å². The summed E-state index contributed by atoms with van der Waals surface area (Å²) in [5, 5.41) is 2.93. The van der Waals surface area contributed by atoms with Crippen molar-refractivity contribution in [1.82, 2.24) is 10.2 Å². The van der Waals surface area contributed by atoms with Crippen molar-refractivity contribution in [3.63, 3.8) is 0 Å². The molecule has 0 spiro atoms. The fraction of sp³-hybridized carbons (Fsp3) is 0.643. The standard InChI is InChI=1S/C14H23N3O3.2ClH/c1-11-2-3-13(20-11)12(10-16-14(18)4-5-15)17-6-8-19-9-7-17;;/h2-3,12H,4-10,15H2,1H3,(H,16,18);2*1H. The van der Waals surface area contributed by atoms with Gasteiger partial charge in [-0.3, -0.25) is 9.69 Å². The summed E-state index contributed by atoms with van der Waals surface area (Å²) >= 11 is 0. The Kier molecular flexibility index (Phi) is 10.5. The molecule has 1 fully saturated rings. The van der Waals surface area contributed by atoms with Gasteiger partial charge >= 0.3 is 0 Å². The molecule has 22 heavy (non-hydrogen) atoms. The van der Waals surface area contributed by atoms with E-state index in [1.807, 2.05) is 19.1 Å². The van der Waals surface area contributed by atoms with Crippen molar-refractivity contribution in [3.05, 3.63) is 23.7 Å². The summed E-state index contributed by atoms with van der Waals surface area (Å²) in [6, 6.07) is 3.98. The van der Waals surface area contributed by atoms with Gasteiger partial charge < -0.3 is 20.2 Å². The van der Waals surface area contributed by atoms with E-state index in [0.717, 1.165) is 24.6 Å². The zero-order valence-corrected chi connectivity index (χ0v) is 14.4. The molecule has 1 aromatic rings. The Labute approximate surface area is 143 Å². The van der Waals surface area contributed by atoms with Crippen LogP contribution in [0.2, 0.25) is 0 Å². The third kappa shape index (κ3) is 6.14. The molecule has 6 nitrogen and oxygen atoms in total. The first-order valence-corrected chi connectivity index (χ1v) is 7.05. The van der Waals surface area contributed by atoms with Crippen molar-refractivity contribution in [1.29, 1.82) is 0 Å². The van der Waals surface area contributed by atoms with Crippen LogP contribution in [0.3, 0.4) is 0 Å². The predicted molar refractivity (Wildman–Crippen MR) is 89.8 cm³/mol. The highest BCUT2D eigenvalue weighted by atomic mass is 35.5. The van der Waals surface area contributed by atoms with Gasteiger partial charge in [0.15, 0.2) is 0 Å². The van der Waals surface area contributed by atoms with E-state index in [1.54, 1.807) is 0 Å². The number of halogens is 2. The Hall–Kier alpha value is -0.790. The maximum atomic E-state index is 11.6. The van der Waals surface area contributed by atoms with Gasteiger partial charge in [0.2, 0.25) is 5.91 Å². The Morgan fingerprint density at radius 3 is 2.59 bits per heavy atom. The number of rotatable bonds is 6. The Bertz CT molecular complexity index is 437. The highest BCUT2D eigenvalue weighted by molar-refractivity contribution is 5.85. The molecule has 1 aliphatic rings. The summed E-state index contributed by atoms with van der Waals surface area (Å²) in [6.07, 6.45) is 0.354. The Morgan fingerprint density at radius 1 is 1.36 bits per heavy atom. The molecule has 1 unspecified atom stereocenters. The number of amides is 1. The minimum absolute atomic E-state index is 0. The van der Waals surface area contributed by atoms with Crippen molar-refractivity contribution in [2.75, 3.05) is 39.4 Å². The first-order valence-electron chi connectivity index (χ1n) is 7.05. The number of aryl methyl sites for hydroxylation is 1. The van der Waals surface area contributed by atoms with Gasteiger partial charge in [0.05, 0.1) is 19.3 Å². The van der Waals surface area contributed by atoms with Gasteiger partial charge in [-0.25, -0.2) is 0 Å². The molecule has 1 aromatic heterocycles. The van der Waals surface area contributed by atoms with Crippen LogP contribution in [0, 0.1) is 6.92 Å². The lowest BCUT2D eigenvalue weighted by molar-refractivity contribution is -0.121. The van der Waals surface area contributed by atoms with Crippen LogP contribution in [0.15, 0.2) is 16.5 Å². The lowest BCUT2D eigenvalue weighted by Crippen LogP contribution is -2.43. The van der Waals surface area contributed by atoms with Crippen LogP contribution in [-0.2, 0) is 9.53 Å². The van der Waals surface area contributed by atoms with E-state index in [4.69, 9.17) is 14.9 Å². The molecule has 8 heteroatoms. The molecule has 0 bridgehead atoms. The summed E-state index contributed by atoms with van der Waals surface area (Å²) in [5.74, 6) is 1.75. The van der Waals surface area contributed by atoms with Crippen LogP contribution in [-0.4, -0.2) is 50.2 Å². The monoisotopic (exact) mass is 353 g/mol. The smallest absolute Gasteiger partial charge is 0.221 e. The molecule has 1 aliphatic heterocycles. The van der Waals surface area contributed by atoms with Crippen molar-refractivity contribution in [2.45, 2.75) is 19.4 Å². The largest absolute Gasteiger partial charge is 0.465 e. The van der Waals surface area contributed by atoms with Crippen molar-refractivity contribution < 1.29 is 13.9 Å². The van der Waals surface area contributed by atoms with E-state index < -0.39 is 0 Å². The summed E-state index contributed by atoms with van der Waals surface area (Å²) < 4.78 is 11.1. The van der Waals surface area contributed by atoms with Crippen molar-refractivity contribution >= 4 is 30.7 Å². The number of furan rings is 1. The van der Waals surface area contributed by atoms with Gasteiger partial charge in [-0.2, -0.15) is 0 Å². The number of nitrogens with zero attached hydrogens (tertiary/aromatic N) is 1. The van der Waals surface area contributed by atoms with E-state index >= 15 is 0 Å². The molecule has 0 radical (unpaired) electrons. The number of morpholine rings is 1. The molecular formula is C14H25Cl2N3O3. The lowest BCUT2D eigenvalue weighted by atomic mass is 10.1. The fourth-order valence-electron chi connectivity index (χ4n) is 2.36. The number of nitrogens with two attached hydrogens (primary N) is 1. The van der Waals surface area contributed by atoms with Gasteiger partial charge in [-0.15, -0.1) is 24.8 Å². The van der Waals surface area contributed by atoms with Gasteiger partial charge in [0.1, 0.15) is 11.5 Å². The van der Waals surface area contributed by atoms with E-state index in [9.17, 15) is 4.79 Å². The molecule has 0 aromatic carbocycles. The predicted octanol–water partition coefficient (Wildman–Crippen LogP) is 1.27. The number of hydrogen-bond acceptors (Lipinski definition) is 5. The molecule has 1 amide bonds. The average Bonchev–Trinajstić information content (AvgIpc) is 2.87. The second-order valence-electron chi connectivity index (χ2n) is 4.96. The van der Waals surface area contributed by atoms with Crippen LogP contribution < -0.4 is 11.1 Å². The van der Waals surface area contributed by atoms with Crippen LogP contribution >= 0.6 is 24.8 Å². The zero-order valence-electron chi connectivity index (χ0n) is 12.7. The molecule has 1 atom stereocenters. The topological polar surface area (TPSA) is 80.7 Å². The average molecular weight is 354 g/mol. The normalized spacial score (nSPS) is 16.3. The summed E-state index contributed by atoms with van der Waals surface area (Å²) in [6.45, 7) is 5.95. The maximum absolute atomic E-state index is 11.6. The second kappa shape index (κ2) is 10.9. The number of nitrogens with one attached hydrogen (secondary N) is 1. The highest BCUT2D eigenvalue weighted by Gasteiger charge is 2.25. The minimum atomic E-state index is -0.0194. The van der Waals surface area contributed by atoms with E-state index in [1.165, 1.54) is 0 Å². The molecule has 0 aliphatic carbocycles. The highest BCUT2D eigenvalue weighted by Crippen LogP contribution is 2.23. The molecule has 1 saturated heterocycles. The first-order chi connectivity index (χ1) is 9.70. The van der Waals surface area contributed by atoms with Crippen LogP contribution in [0.5, 0.6) is 0 Å². The summed E-state index contributed by atoms with van der Waals surface area (Å²) in [4.78, 5) is 13.9. The number of carbonyl (C=O) groups is 1. The third-order valence-corrected chi connectivity index (χ3v) is 3.44. The number of hydrogen-bond donors (Lipinski definition) is 2. The van der Waals surface area contributed by atoms with Crippen LogP contribution in [0.1, 0.15) is 24.0 Å². The Morgan fingerprint density at radius 2 is 2.05 bits per heavy atom. The number of ether oxygens (including phenoxy) is 1. The minimum Gasteiger partial charge on any atom is -0.465 e. The van der Waals surface area contributed by atoms with Gasteiger partial charge in [-0.05, 0) is 19.1 Å². The fourth-order valence-corrected chi connectivity index (χ4v) is 2.36. The van der Waals surface area contributed by atoms with Crippen molar-refractivity contribution in [2.24, 2.45) is 5.73 Å². The van der Waals surface area contributed by atoms with Crippen LogP contribution in [0.4, 0.5) is 0 Å². The lowest BCUT2D eigenvalue weighted by Gasteiger charge is -2.33. The maximum Gasteiger partial charge on any atom is 0.221 e. The van der Waals surface area contributed by atoms with Gasteiger partial charge in [0.25, 0.3) is 0 Å². The van der Waals surface area contributed by atoms with E-state index in [2.05, 4.69) is 10.2 Å². The SMILES string of the molecule is Cc1ccc(C(CNC(=O)CCN)N2CCOCC2)o1.Cl.Cl. The zero-order chi connectivity index (χ0) is 14.4.